The van der Waals surface area contributed by atoms with Crippen molar-refractivity contribution in [2.45, 2.75) is 17.8 Å². The summed E-state index contributed by atoms with van der Waals surface area (Å²) in [4.78, 5) is 41.0. The van der Waals surface area contributed by atoms with Gasteiger partial charge in [-0.3, -0.25) is 19.1 Å². The summed E-state index contributed by atoms with van der Waals surface area (Å²) in [5.41, 5.74) is -0.0270. The zero-order valence-electron chi connectivity index (χ0n) is 17.3. The van der Waals surface area contributed by atoms with Crippen LogP contribution in [0, 0.1) is 6.92 Å². The number of anilines is 1. The van der Waals surface area contributed by atoms with Gasteiger partial charge in [0, 0.05) is 35.6 Å². The lowest BCUT2D eigenvalue weighted by molar-refractivity contribution is -0.122. The number of alkyl halides is 1. The number of nitrogens with zero attached hydrogens (tertiary/aromatic N) is 3. The first-order chi connectivity index (χ1) is 15.2. The second-order valence-electron chi connectivity index (χ2n) is 7.97. The van der Waals surface area contributed by atoms with E-state index < -0.39 is 28.4 Å². The van der Waals surface area contributed by atoms with Crippen LogP contribution in [-0.4, -0.2) is 49.8 Å². The number of Topliss-reactive ketones (excluding diaryl/α,β-unsaturated/α-hetero) is 1. The van der Waals surface area contributed by atoms with E-state index in [1.165, 1.54) is 12.2 Å². The van der Waals surface area contributed by atoms with E-state index >= 15 is 0 Å². The zero-order valence-corrected chi connectivity index (χ0v) is 18.1. The van der Waals surface area contributed by atoms with Crippen molar-refractivity contribution in [1.29, 1.82) is 0 Å². The van der Waals surface area contributed by atoms with Gasteiger partial charge >= 0.3 is 0 Å². The molecule has 2 unspecified atom stereocenters. The molecule has 1 spiro atoms. The number of aliphatic hydroxyl groups is 1. The average molecular weight is 451 g/mol. The highest BCUT2D eigenvalue weighted by Gasteiger charge is 2.64. The predicted octanol–water partition coefficient (Wildman–Crippen LogP) is 1.96. The van der Waals surface area contributed by atoms with Crippen LogP contribution < -0.4 is 10.2 Å². The molecule has 1 aromatic heterocycles. The van der Waals surface area contributed by atoms with Gasteiger partial charge in [0.2, 0.25) is 0 Å². The van der Waals surface area contributed by atoms with Gasteiger partial charge in [0.15, 0.2) is 22.9 Å². The summed E-state index contributed by atoms with van der Waals surface area (Å²) in [5.74, 6) is -1.33. The number of aliphatic hydroxyl groups excluding tert-OH is 1. The molecule has 5 rings (SSSR count). The van der Waals surface area contributed by atoms with E-state index in [9.17, 15) is 19.5 Å². The van der Waals surface area contributed by atoms with Crippen molar-refractivity contribution < 1.29 is 19.5 Å². The van der Waals surface area contributed by atoms with Crippen LogP contribution in [-0.2, 0) is 21.4 Å². The lowest BCUT2D eigenvalue weighted by Gasteiger charge is -2.34. The predicted molar refractivity (Wildman–Crippen MR) is 118 cm³/mol. The fourth-order valence-electron chi connectivity index (χ4n) is 4.53. The summed E-state index contributed by atoms with van der Waals surface area (Å²) in [6.45, 7) is 1.65. The Labute approximate surface area is 188 Å². The van der Waals surface area contributed by atoms with Crippen molar-refractivity contribution in [2.75, 3.05) is 11.4 Å². The number of nitrogens with one attached hydrogen (secondary N) is 1. The van der Waals surface area contributed by atoms with Crippen molar-refractivity contribution in [3.8, 4) is 0 Å². The maximum Gasteiger partial charge on any atom is 0.260 e. The number of fused-ring (bicyclic) bond motifs is 2. The molecule has 3 heterocycles. The number of aryl methyl sites for hydroxylation is 2. The Morgan fingerprint density at radius 1 is 1.25 bits per heavy atom. The molecule has 162 valence electrons. The Hall–Kier alpha value is -3.65. The molecule has 2 aromatic rings. The minimum Gasteiger partial charge on any atom is -0.507 e. The number of allylic oxidation sites excluding steroid dienone is 2. The Balaban J connectivity index is 1.83. The van der Waals surface area contributed by atoms with Gasteiger partial charge in [-0.1, -0.05) is 30.3 Å². The van der Waals surface area contributed by atoms with Crippen LogP contribution in [0.3, 0.4) is 0 Å². The van der Waals surface area contributed by atoms with Crippen LogP contribution in [0.15, 0.2) is 65.4 Å². The molecular weight excluding hydrogens is 432 g/mol. The van der Waals surface area contributed by atoms with Gasteiger partial charge in [0.1, 0.15) is 11.1 Å². The fraction of sp³-hybridized carbons (Fsp3) is 0.217. The first-order valence-corrected chi connectivity index (χ1v) is 10.4. The molecule has 1 aliphatic carbocycles. The van der Waals surface area contributed by atoms with Gasteiger partial charge in [-0.05, 0) is 19.1 Å². The second kappa shape index (κ2) is 6.93. The SMILES string of the molecule is Cc1cc(N2CC(=O)C(=C(O)c3ccccc3)C23C(=O)NC2=CC(Cl)C(=O)C=C23)nn1C. The number of rotatable bonds is 2. The third-order valence-electron chi connectivity index (χ3n) is 6.14. The molecule has 2 atom stereocenters. The Bertz CT molecular complexity index is 1270. The number of benzene rings is 1. The lowest BCUT2D eigenvalue weighted by Crippen LogP contribution is -2.52. The first kappa shape index (κ1) is 20.3. The van der Waals surface area contributed by atoms with Crippen molar-refractivity contribution >= 4 is 40.7 Å². The lowest BCUT2D eigenvalue weighted by atomic mass is 9.79. The van der Waals surface area contributed by atoms with Crippen LogP contribution in [0.2, 0.25) is 0 Å². The number of aromatic nitrogens is 2. The Morgan fingerprint density at radius 2 is 1.97 bits per heavy atom. The number of hydrogen-bond acceptors (Lipinski definition) is 6. The summed E-state index contributed by atoms with van der Waals surface area (Å²) in [6.07, 6.45) is 2.73. The summed E-state index contributed by atoms with van der Waals surface area (Å²) in [6, 6.07) is 10.3. The topological polar surface area (TPSA) is 105 Å². The van der Waals surface area contributed by atoms with E-state index in [4.69, 9.17) is 11.6 Å². The third kappa shape index (κ3) is 2.62. The normalized spacial score (nSPS) is 26.3. The number of carbonyl (C=O) groups is 3. The van der Waals surface area contributed by atoms with Crippen LogP contribution in [0.1, 0.15) is 11.3 Å². The van der Waals surface area contributed by atoms with Crippen LogP contribution in [0.4, 0.5) is 5.82 Å². The van der Waals surface area contributed by atoms with Gasteiger partial charge < -0.3 is 15.3 Å². The highest BCUT2D eigenvalue weighted by molar-refractivity contribution is 6.35. The maximum atomic E-state index is 13.6. The highest BCUT2D eigenvalue weighted by atomic mass is 35.5. The second-order valence-corrected chi connectivity index (χ2v) is 8.44. The van der Waals surface area contributed by atoms with Gasteiger partial charge in [-0.2, -0.15) is 5.10 Å². The van der Waals surface area contributed by atoms with E-state index in [0.717, 1.165) is 5.69 Å². The Morgan fingerprint density at radius 3 is 2.62 bits per heavy atom. The third-order valence-corrected chi connectivity index (χ3v) is 6.48. The maximum absolute atomic E-state index is 13.6. The minimum atomic E-state index is -1.75. The van der Waals surface area contributed by atoms with Crippen molar-refractivity contribution in [3.05, 3.63) is 76.7 Å². The molecule has 2 N–H and O–H groups in total. The monoisotopic (exact) mass is 450 g/mol. The number of amides is 1. The molecule has 2 saturated heterocycles. The van der Waals surface area contributed by atoms with Crippen LogP contribution >= 0.6 is 11.6 Å². The number of halogens is 1. The summed E-state index contributed by atoms with van der Waals surface area (Å²) < 4.78 is 1.63. The van der Waals surface area contributed by atoms with E-state index in [-0.39, 0.29) is 23.5 Å². The van der Waals surface area contributed by atoms with E-state index in [0.29, 0.717) is 17.1 Å². The minimum absolute atomic E-state index is 0.0972. The quantitative estimate of drug-likeness (QED) is 0.412. The largest absolute Gasteiger partial charge is 0.507 e. The van der Waals surface area contributed by atoms with Gasteiger partial charge in [0.05, 0.1) is 12.1 Å². The van der Waals surface area contributed by atoms with Gasteiger partial charge in [0.25, 0.3) is 5.91 Å². The van der Waals surface area contributed by atoms with E-state index in [1.54, 1.807) is 53.0 Å². The van der Waals surface area contributed by atoms with E-state index in [1.807, 2.05) is 6.92 Å². The van der Waals surface area contributed by atoms with Crippen molar-refractivity contribution in [2.24, 2.45) is 7.05 Å². The molecule has 9 heteroatoms. The van der Waals surface area contributed by atoms with Crippen LogP contribution in [0.25, 0.3) is 5.76 Å². The molecule has 2 fully saturated rings. The molecule has 32 heavy (non-hydrogen) atoms. The van der Waals surface area contributed by atoms with Crippen molar-refractivity contribution in [1.82, 2.24) is 15.1 Å². The highest BCUT2D eigenvalue weighted by Crippen LogP contribution is 2.50. The molecule has 1 aromatic carbocycles. The molecule has 3 aliphatic rings. The Kier molecular flexibility index (Phi) is 4.39. The standard InChI is InChI=1S/C23H19ClN4O4/c1-12-8-19(26-27(12)2)28-11-18(30)20(21(31)13-6-4-3-5-7-13)23(28)14-9-17(29)15(24)10-16(14)25-22(23)32/h3-10,15,31H,11H2,1-2H3,(H,25,32). The summed E-state index contributed by atoms with van der Waals surface area (Å²) in [5, 5.41) is 17.5. The smallest absolute Gasteiger partial charge is 0.260 e. The number of hydrogen-bond donors (Lipinski definition) is 2. The molecule has 2 aliphatic heterocycles. The summed E-state index contributed by atoms with van der Waals surface area (Å²) >= 11 is 6.10. The molecule has 0 radical (unpaired) electrons. The molecular formula is C23H19ClN4O4. The first-order valence-electron chi connectivity index (χ1n) is 9.99. The molecule has 0 saturated carbocycles. The molecule has 8 nitrogen and oxygen atoms in total. The molecule has 0 bridgehead atoms. The zero-order chi connectivity index (χ0) is 22.8. The van der Waals surface area contributed by atoms with Crippen LogP contribution in [0.5, 0.6) is 0 Å². The van der Waals surface area contributed by atoms with Crippen molar-refractivity contribution in [3.63, 3.8) is 0 Å². The van der Waals surface area contributed by atoms with E-state index in [2.05, 4.69) is 10.4 Å². The summed E-state index contributed by atoms with van der Waals surface area (Å²) in [7, 11) is 1.75. The average Bonchev–Trinajstić information content (AvgIpc) is 3.36. The molecule has 1 amide bonds. The van der Waals surface area contributed by atoms with Gasteiger partial charge in [-0.15, -0.1) is 11.6 Å². The van der Waals surface area contributed by atoms with Gasteiger partial charge in [-0.25, -0.2) is 0 Å². The number of carbonyl (C=O) groups excluding carboxylic acids is 3. The number of ketones is 2. The fourth-order valence-corrected chi connectivity index (χ4v) is 4.71.